The summed E-state index contributed by atoms with van der Waals surface area (Å²) in [5.41, 5.74) is 0.587. The van der Waals surface area contributed by atoms with E-state index in [4.69, 9.17) is 11.6 Å². The number of hydrogen-bond donors (Lipinski definition) is 0. The molecule has 0 aliphatic carbocycles. The van der Waals surface area contributed by atoms with Gasteiger partial charge in [0.1, 0.15) is 5.38 Å². The van der Waals surface area contributed by atoms with E-state index < -0.39 is 0 Å². The highest BCUT2D eigenvalue weighted by Crippen LogP contribution is 2.13. The van der Waals surface area contributed by atoms with E-state index >= 15 is 0 Å². The summed E-state index contributed by atoms with van der Waals surface area (Å²) in [7, 11) is 0. The second kappa shape index (κ2) is 2.88. The fourth-order valence-corrected chi connectivity index (χ4v) is 0.918. The van der Waals surface area contributed by atoms with Crippen molar-refractivity contribution in [2.24, 2.45) is 0 Å². The van der Waals surface area contributed by atoms with Crippen molar-refractivity contribution in [2.45, 2.75) is 12.3 Å². The fraction of sp³-hybridized carbons (Fsp3) is 0.286. The average Bonchev–Trinajstić information content (AvgIpc) is 1.88. The number of alkyl halides is 1. The molecule has 1 heterocycles. The van der Waals surface area contributed by atoms with E-state index in [2.05, 4.69) is 0 Å². The van der Waals surface area contributed by atoms with Gasteiger partial charge < -0.3 is 5.21 Å². The second-order valence-electron chi connectivity index (χ2n) is 2.07. The van der Waals surface area contributed by atoms with E-state index in [0.717, 1.165) is 4.73 Å². The molecule has 0 amide bonds. The normalized spacial score (nSPS) is 13.0. The Kier molecular flexibility index (Phi) is 2.12. The molecule has 0 saturated heterocycles. The summed E-state index contributed by atoms with van der Waals surface area (Å²) in [5.74, 6) is 0. The Morgan fingerprint density at radius 3 is 2.70 bits per heavy atom. The summed E-state index contributed by atoms with van der Waals surface area (Å²) >= 11 is 5.69. The van der Waals surface area contributed by atoms with Crippen LogP contribution in [0.2, 0.25) is 0 Å². The van der Waals surface area contributed by atoms with Gasteiger partial charge in [0, 0.05) is 12.1 Å². The lowest BCUT2D eigenvalue weighted by Gasteiger charge is -2.03. The molecule has 0 aliphatic heterocycles. The predicted octanol–water partition coefficient (Wildman–Crippen LogP) is 1.62. The van der Waals surface area contributed by atoms with E-state index in [9.17, 15) is 5.21 Å². The standard InChI is InChI=1S/C7H8ClNO/c1-6(8)7-4-2-3-5-9(7)10/h2-6H,1H3. The van der Waals surface area contributed by atoms with Crippen molar-refractivity contribution in [2.75, 3.05) is 0 Å². The Morgan fingerprint density at radius 1 is 1.60 bits per heavy atom. The molecule has 0 spiro atoms. The number of pyridine rings is 1. The third-order valence-corrected chi connectivity index (χ3v) is 1.49. The Balaban J connectivity index is 3.03. The Morgan fingerprint density at radius 2 is 2.30 bits per heavy atom. The maximum absolute atomic E-state index is 10.9. The number of nitrogens with zero attached hydrogens (tertiary/aromatic N) is 1. The molecule has 0 fully saturated rings. The van der Waals surface area contributed by atoms with Crippen LogP contribution in [0, 0.1) is 5.21 Å². The van der Waals surface area contributed by atoms with Crippen molar-refractivity contribution >= 4 is 11.6 Å². The Hall–Kier alpha value is -0.760. The molecule has 0 aromatic carbocycles. The van der Waals surface area contributed by atoms with Gasteiger partial charge in [0.25, 0.3) is 0 Å². The SMILES string of the molecule is CC(Cl)c1cccc[n+]1[O-]. The molecular weight excluding hydrogens is 150 g/mol. The van der Waals surface area contributed by atoms with Gasteiger partial charge in [-0.05, 0) is 13.0 Å². The number of rotatable bonds is 1. The van der Waals surface area contributed by atoms with Crippen molar-refractivity contribution in [3.05, 3.63) is 35.3 Å². The zero-order chi connectivity index (χ0) is 7.56. The first kappa shape index (κ1) is 7.35. The maximum Gasteiger partial charge on any atom is 0.210 e. The third kappa shape index (κ3) is 1.39. The minimum absolute atomic E-state index is 0.223. The molecule has 0 N–H and O–H groups in total. The molecule has 3 heteroatoms. The first-order valence-electron chi connectivity index (χ1n) is 3.04. The van der Waals surface area contributed by atoms with E-state index in [-0.39, 0.29) is 5.38 Å². The summed E-state index contributed by atoms with van der Waals surface area (Å²) in [6, 6.07) is 5.18. The first-order valence-corrected chi connectivity index (χ1v) is 3.47. The maximum atomic E-state index is 10.9. The topological polar surface area (TPSA) is 26.9 Å². The van der Waals surface area contributed by atoms with Gasteiger partial charge in [0.15, 0.2) is 6.20 Å². The van der Waals surface area contributed by atoms with Crippen LogP contribution in [-0.2, 0) is 0 Å². The summed E-state index contributed by atoms with van der Waals surface area (Å²) in [5, 5.41) is 10.7. The minimum atomic E-state index is -0.223. The van der Waals surface area contributed by atoms with Crippen molar-refractivity contribution in [1.29, 1.82) is 0 Å². The lowest BCUT2D eigenvalue weighted by Crippen LogP contribution is -2.30. The third-order valence-electron chi connectivity index (χ3n) is 1.26. The van der Waals surface area contributed by atoms with Crippen LogP contribution in [0.15, 0.2) is 24.4 Å². The highest BCUT2D eigenvalue weighted by molar-refractivity contribution is 6.20. The summed E-state index contributed by atoms with van der Waals surface area (Å²) < 4.78 is 0.775. The molecule has 0 bridgehead atoms. The van der Waals surface area contributed by atoms with Crippen LogP contribution < -0.4 is 4.73 Å². The van der Waals surface area contributed by atoms with E-state index in [0.29, 0.717) is 5.69 Å². The second-order valence-corrected chi connectivity index (χ2v) is 2.72. The number of hydrogen-bond acceptors (Lipinski definition) is 1. The van der Waals surface area contributed by atoms with Crippen LogP contribution >= 0.6 is 11.6 Å². The van der Waals surface area contributed by atoms with E-state index in [1.54, 1.807) is 25.1 Å². The zero-order valence-corrected chi connectivity index (χ0v) is 6.38. The predicted molar refractivity (Wildman–Crippen MR) is 39.7 cm³/mol. The molecule has 0 saturated carbocycles. The van der Waals surface area contributed by atoms with Crippen molar-refractivity contribution in [1.82, 2.24) is 0 Å². The average molecular weight is 158 g/mol. The lowest BCUT2D eigenvalue weighted by molar-refractivity contribution is -0.614. The Labute approximate surface area is 64.6 Å². The van der Waals surface area contributed by atoms with Gasteiger partial charge in [-0.3, -0.25) is 0 Å². The first-order chi connectivity index (χ1) is 4.72. The largest absolute Gasteiger partial charge is 0.618 e. The van der Waals surface area contributed by atoms with E-state index in [1.807, 2.05) is 0 Å². The molecular formula is C7H8ClNO. The van der Waals surface area contributed by atoms with Crippen molar-refractivity contribution in [3.63, 3.8) is 0 Å². The molecule has 1 aromatic heterocycles. The number of halogens is 1. The monoisotopic (exact) mass is 157 g/mol. The van der Waals surface area contributed by atoms with Crippen LogP contribution in [0.25, 0.3) is 0 Å². The van der Waals surface area contributed by atoms with Gasteiger partial charge in [0.2, 0.25) is 5.69 Å². The Bertz CT molecular complexity index is 225. The van der Waals surface area contributed by atoms with Crippen molar-refractivity contribution < 1.29 is 4.73 Å². The molecule has 54 valence electrons. The van der Waals surface area contributed by atoms with Crippen LogP contribution in [0.4, 0.5) is 0 Å². The molecule has 1 aromatic rings. The van der Waals surface area contributed by atoms with Crippen LogP contribution in [0.3, 0.4) is 0 Å². The lowest BCUT2D eigenvalue weighted by atomic mass is 10.3. The van der Waals surface area contributed by atoms with Gasteiger partial charge in [-0.25, -0.2) is 0 Å². The van der Waals surface area contributed by atoms with Crippen LogP contribution in [-0.4, -0.2) is 0 Å². The highest BCUT2D eigenvalue weighted by atomic mass is 35.5. The minimum Gasteiger partial charge on any atom is -0.618 e. The number of aromatic nitrogens is 1. The summed E-state index contributed by atoms with van der Waals surface area (Å²) in [6.07, 6.45) is 1.44. The fourth-order valence-electron chi connectivity index (χ4n) is 0.749. The molecule has 0 aliphatic rings. The van der Waals surface area contributed by atoms with E-state index in [1.165, 1.54) is 6.20 Å². The van der Waals surface area contributed by atoms with Gasteiger partial charge in [-0.2, -0.15) is 4.73 Å². The van der Waals surface area contributed by atoms with Gasteiger partial charge in [-0.15, -0.1) is 11.6 Å². The molecule has 0 radical (unpaired) electrons. The smallest absolute Gasteiger partial charge is 0.210 e. The summed E-state index contributed by atoms with van der Waals surface area (Å²) in [6.45, 7) is 1.77. The summed E-state index contributed by atoms with van der Waals surface area (Å²) in [4.78, 5) is 0. The van der Waals surface area contributed by atoms with Gasteiger partial charge in [0.05, 0.1) is 0 Å². The van der Waals surface area contributed by atoms with Crippen LogP contribution in [0.1, 0.15) is 18.0 Å². The molecule has 1 rings (SSSR count). The van der Waals surface area contributed by atoms with Crippen molar-refractivity contribution in [3.8, 4) is 0 Å². The highest BCUT2D eigenvalue weighted by Gasteiger charge is 2.08. The molecule has 1 atom stereocenters. The molecule has 10 heavy (non-hydrogen) atoms. The zero-order valence-electron chi connectivity index (χ0n) is 5.62. The molecule has 2 nitrogen and oxygen atoms in total. The van der Waals surface area contributed by atoms with Crippen LogP contribution in [0.5, 0.6) is 0 Å². The molecule has 1 unspecified atom stereocenters. The van der Waals surface area contributed by atoms with Gasteiger partial charge >= 0.3 is 0 Å². The quantitative estimate of drug-likeness (QED) is 0.346. The van der Waals surface area contributed by atoms with Gasteiger partial charge in [-0.1, -0.05) is 0 Å².